The van der Waals surface area contributed by atoms with Gasteiger partial charge < -0.3 is 5.32 Å². The smallest absolute Gasteiger partial charge is 0.221 e. The molecule has 2 aromatic heterocycles. The highest BCUT2D eigenvalue weighted by molar-refractivity contribution is 5.88. The molecule has 1 N–H and O–H groups in total. The molecule has 1 amide bonds. The Labute approximate surface area is 93.2 Å². The largest absolute Gasteiger partial charge is 0.325 e. The summed E-state index contributed by atoms with van der Waals surface area (Å²) in [6.07, 6.45) is 5.19. The monoisotopic (exact) mass is 216 g/mol. The molecule has 0 atom stereocenters. The van der Waals surface area contributed by atoms with E-state index in [0.717, 1.165) is 11.6 Å². The van der Waals surface area contributed by atoms with Gasteiger partial charge in [-0.05, 0) is 19.1 Å². The number of carbonyl (C=O) groups is 1. The van der Waals surface area contributed by atoms with Crippen molar-refractivity contribution in [2.75, 3.05) is 5.32 Å². The third-order valence-electron chi connectivity index (χ3n) is 2.14. The van der Waals surface area contributed by atoms with Crippen LogP contribution in [0.2, 0.25) is 0 Å². The summed E-state index contributed by atoms with van der Waals surface area (Å²) in [7, 11) is 0. The van der Waals surface area contributed by atoms with E-state index in [4.69, 9.17) is 0 Å². The molecule has 5 heteroatoms. The van der Waals surface area contributed by atoms with E-state index in [1.165, 1.54) is 6.92 Å². The third kappa shape index (κ3) is 2.08. The lowest BCUT2D eigenvalue weighted by Gasteiger charge is -2.05. The predicted octanol–water partition coefficient (Wildman–Crippen LogP) is 1.53. The normalized spacial score (nSPS) is 10.1. The van der Waals surface area contributed by atoms with Gasteiger partial charge in [0.1, 0.15) is 11.6 Å². The quantitative estimate of drug-likeness (QED) is 0.828. The Hall–Kier alpha value is -2.17. The van der Waals surface area contributed by atoms with Crippen LogP contribution in [-0.4, -0.2) is 20.4 Å². The molecule has 0 aliphatic rings. The van der Waals surface area contributed by atoms with Crippen LogP contribution in [0.25, 0.3) is 5.82 Å². The SMILES string of the molecule is CC(=O)Nc1ccc(-n2ccnc2C)nc1. The van der Waals surface area contributed by atoms with Gasteiger partial charge in [0, 0.05) is 19.3 Å². The number of nitrogens with zero attached hydrogens (tertiary/aromatic N) is 3. The molecular weight excluding hydrogens is 204 g/mol. The first kappa shape index (κ1) is 10.4. The molecule has 0 fully saturated rings. The minimum atomic E-state index is -0.103. The zero-order valence-electron chi connectivity index (χ0n) is 9.14. The second-order valence-corrected chi connectivity index (χ2v) is 3.43. The van der Waals surface area contributed by atoms with Crippen LogP contribution in [0.4, 0.5) is 5.69 Å². The number of pyridine rings is 1. The fourth-order valence-corrected chi connectivity index (χ4v) is 1.43. The van der Waals surface area contributed by atoms with E-state index in [2.05, 4.69) is 15.3 Å². The molecule has 82 valence electrons. The molecule has 2 aromatic rings. The van der Waals surface area contributed by atoms with Crippen molar-refractivity contribution in [1.29, 1.82) is 0 Å². The summed E-state index contributed by atoms with van der Waals surface area (Å²) >= 11 is 0. The second-order valence-electron chi connectivity index (χ2n) is 3.43. The maximum atomic E-state index is 10.8. The lowest BCUT2D eigenvalue weighted by molar-refractivity contribution is -0.114. The number of amides is 1. The van der Waals surface area contributed by atoms with Crippen molar-refractivity contribution in [3.05, 3.63) is 36.5 Å². The van der Waals surface area contributed by atoms with Gasteiger partial charge >= 0.3 is 0 Å². The number of anilines is 1. The van der Waals surface area contributed by atoms with Gasteiger partial charge in [-0.25, -0.2) is 9.97 Å². The number of rotatable bonds is 2. The molecule has 5 nitrogen and oxygen atoms in total. The van der Waals surface area contributed by atoms with E-state index in [0.29, 0.717) is 5.69 Å². The van der Waals surface area contributed by atoms with E-state index >= 15 is 0 Å². The molecule has 0 radical (unpaired) electrons. The molecule has 0 bridgehead atoms. The zero-order chi connectivity index (χ0) is 11.5. The molecule has 0 aromatic carbocycles. The molecule has 16 heavy (non-hydrogen) atoms. The lowest BCUT2D eigenvalue weighted by atomic mass is 10.4. The van der Waals surface area contributed by atoms with Crippen LogP contribution >= 0.6 is 0 Å². The summed E-state index contributed by atoms with van der Waals surface area (Å²) in [6.45, 7) is 3.37. The summed E-state index contributed by atoms with van der Waals surface area (Å²) in [4.78, 5) is 19.2. The first-order chi connectivity index (χ1) is 7.66. The number of aromatic nitrogens is 3. The Morgan fingerprint density at radius 1 is 1.38 bits per heavy atom. The van der Waals surface area contributed by atoms with Gasteiger partial charge in [-0.1, -0.05) is 0 Å². The number of carbonyl (C=O) groups excluding carboxylic acids is 1. The van der Waals surface area contributed by atoms with Crippen LogP contribution in [0.5, 0.6) is 0 Å². The van der Waals surface area contributed by atoms with Crippen LogP contribution < -0.4 is 5.32 Å². The van der Waals surface area contributed by atoms with Gasteiger partial charge in [-0.15, -0.1) is 0 Å². The average Bonchev–Trinajstić information content (AvgIpc) is 2.65. The maximum absolute atomic E-state index is 10.8. The predicted molar refractivity (Wildman–Crippen MR) is 60.4 cm³/mol. The molecule has 0 saturated carbocycles. The zero-order valence-corrected chi connectivity index (χ0v) is 9.14. The van der Waals surface area contributed by atoms with E-state index in [1.807, 2.05) is 29.8 Å². The topological polar surface area (TPSA) is 59.8 Å². The highest BCUT2D eigenvalue weighted by atomic mass is 16.1. The van der Waals surface area contributed by atoms with Crippen LogP contribution in [0.3, 0.4) is 0 Å². The van der Waals surface area contributed by atoms with Crippen molar-refractivity contribution in [2.45, 2.75) is 13.8 Å². The van der Waals surface area contributed by atoms with Gasteiger partial charge in [0.2, 0.25) is 5.91 Å². The minimum Gasteiger partial charge on any atom is -0.325 e. The summed E-state index contributed by atoms with van der Waals surface area (Å²) < 4.78 is 1.87. The van der Waals surface area contributed by atoms with Gasteiger partial charge in [0.05, 0.1) is 11.9 Å². The number of hydrogen-bond acceptors (Lipinski definition) is 3. The van der Waals surface area contributed by atoms with Crippen LogP contribution in [0.15, 0.2) is 30.7 Å². The fraction of sp³-hybridized carbons (Fsp3) is 0.182. The van der Waals surface area contributed by atoms with E-state index < -0.39 is 0 Å². The fourth-order valence-electron chi connectivity index (χ4n) is 1.43. The summed E-state index contributed by atoms with van der Waals surface area (Å²) in [5.41, 5.74) is 0.689. The summed E-state index contributed by atoms with van der Waals surface area (Å²) in [5, 5.41) is 2.67. The molecule has 0 aliphatic heterocycles. The summed E-state index contributed by atoms with van der Waals surface area (Å²) in [5.74, 6) is 1.55. The molecule has 0 unspecified atom stereocenters. The Morgan fingerprint density at radius 2 is 2.19 bits per heavy atom. The van der Waals surface area contributed by atoms with Crippen LogP contribution in [0.1, 0.15) is 12.7 Å². The van der Waals surface area contributed by atoms with Crippen LogP contribution in [-0.2, 0) is 4.79 Å². The molecule has 0 spiro atoms. The molecular formula is C11H12N4O. The standard InChI is InChI=1S/C11H12N4O/c1-8-12-5-6-15(8)11-4-3-10(7-13-11)14-9(2)16/h3-7H,1-2H3,(H,14,16). The van der Waals surface area contributed by atoms with Crippen molar-refractivity contribution in [3.63, 3.8) is 0 Å². The first-order valence-electron chi connectivity index (χ1n) is 4.91. The molecule has 0 saturated heterocycles. The third-order valence-corrected chi connectivity index (χ3v) is 2.14. The van der Waals surface area contributed by atoms with Crippen molar-refractivity contribution >= 4 is 11.6 Å². The van der Waals surface area contributed by atoms with Crippen LogP contribution in [0, 0.1) is 6.92 Å². The molecule has 2 rings (SSSR count). The van der Waals surface area contributed by atoms with Gasteiger partial charge in [-0.2, -0.15) is 0 Å². The number of aryl methyl sites for hydroxylation is 1. The Balaban J connectivity index is 2.26. The lowest BCUT2D eigenvalue weighted by Crippen LogP contribution is -2.06. The van der Waals surface area contributed by atoms with Crippen molar-refractivity contribution in [2.24, 2.45) is 0 Å². The average molecular weight is 216 g/mol. The van der Waals surface area contributed by atoms with Crippen molar-refractivity contribution < 1.29 is 4.79 Å². The maximum Gasteiger partial charge on any atom is 0.221 e. The molecule has 2 heterocycles. The Kier molecular flexibility index (Phi) is 2.68. The van der Waals surface area contributed by atoms with Gasteiger partial charge in [-0.3, -0.25) is 9.36 Å². The number of nitrogens with one attached hydrogen (secondary N) is 1. The van der Waals surface area contributed by atoms with E-state index in [-0.39, 0.29) is 5.91 Å². The first-order valence-corrected chi connectivity index (χ1v) is 4.91. The van der Waals surface area contributed by atoms with E-state index in [9.17, 15) is 4.79 Å². The summed E-state index contributed by atoms with van der Waals surface area (Å²) in [6, 6.07) is 3.64. The van der Waals surface area contributed by atoms with Gasteiger partial charge in [0.15, 0.2) is 0 Å². The van der Waals surface area contributed by atoms with Crippen molar-refractivity contribution in [1.82, 2.24) is 14.5 Å². The highest BCUT2D eigenvalue weighted by Crippen LogP contribution is 2.11. The Bertz CT molecular complexity index is 501. The Morgan fingerprint density at radius 3 is 2.69 bits per heavy atom. The second kappa shape index (κ2) is 4.14. The number of hydrogen-bond donors (Lipinski definition) is 1. The van der Waals surface area contributed by atoms with Gasteiger partial charge in [0.25, 0.3) is 0 Å². The van der Waals surface area contributed by atoms with Crippen molar-refractivity contribution in [3.8, 4) is 5.82 Å². The number of imidazole rings is 1. The van der Waals surface area contributed by atoms with E-state index in [1.54, 1.807) is 12.4 Å². The minimum absolute atomic E-state index is 0.103. The molecule has 0 aliphatic carbocycles. The highest BCUT2D eigenvalue weighted by Gasteiger charge is 2.02.